The molecule has 1 aromatic rings. The second-order valence-corrected chi connectivity index (χ2v) is 6.44. The summed E-state index contributed by atoms with van der Waals surface area (Å²) in [4.78, 5) is 24.6. The summed E-state index contributed by atoms with van der Waals surface area (Å²) in [6.07, 6.45) is 6.13. The van der Waals surface area contributed by atoms with E-state index in [1.165, 1.54) is 6.08 Å². The highest BCUT2D eigenvalue weighted by molar-refractivity contribution is 6.33. The predicted molar refractivity (Wildman–Crippen MR) is 89.9 cm³/mol. The van der Waals surface area contributed by atoms with Crippen LogP contribution in [-0.2, 0) is 20.7 Å². The number of epoxide rings is 1. The molecule has 3 rings (SSSR count). The molecule has 1 saturated heterocycles. The molecular formula is C18H17ClO6. The molecular weight excluding hydrogens is 348 g/mol. The van der Waals surface area contributed by atoms with Crippen molar-refractivity contribution < 1.29 is 29.3 Å². The van der Waals surface area contributed by atoms with E-state index in [0.717, 1.165) is 6.07 Å². The second-order valence-electron chi connectivity index (χ2n) is 6.06. The lowest BCUT2D eigenvalue weighted by Crippen LogP contribution is -2.19. The highest BCUT2D eigenvalue weighted by atomic mass is 35.5. The van der Waals surface area contributed by atoms with Crippen LogP contribution in [-0.4, -0.2) is 40.3 Å². The number of phenols is 2. The maximum atomic E-state index is 12.5. The Balaban J connectivity index is 2.01. The Labute approximate surface area is 149 Å². The lowest BCUT2D eigenvalue weighted by atomic mass is 10.00. The number of carbonyl (C=O) groups is 2. The smallest absolute Gasteiger partial charge is 0.342 e. The molecule has 132 valence electrons. The number of fused-ring (bicyclic) bond motifs is 2. The quantitative estimate of drug-likeness (QED) is 0.542. The largest absolute Gasteiger partial charge is 0.507 e. The third-order valence-electron chi connectivity index (χ3n) is 4.06. The van der Waals surface area contributed by atoms with Crippen LogP contribution in [0.25, 0.3) is 0 Å². The Morgan fingerprint density at radius 3 is 2.72 bits per heavy atom. The van der Waals surface area contributed by atoms with Crippen molar-refractivity contribution >= 4 is 23.4 Å². The highest BCUT2D eigenvalue weighted by Gasteiger charge is 2.38. The van der Waals surface area contributed by atoms with E-state index in [0.29, 0.717) is 6.42 Å². The average molecular weight is 365 g/mol. The standard InChI is InChI=1S/C18H17ClO6/c1-9-6-15-14(25-15)5-3-2-4-10(20)7-11-16(18(23)24-9)12(21)8-13(22)17(11)19/h2-5,8-9,14-15,21-22H,6-7H2,1H3/t9-,14-,15-/m0/s1. The van der Waals surface area contributed by atoms with E-state index in [1.54, 1.807) is 19.1 Å². The number of halogens is 1. The number of ether oxygens (including phenoxy) is 2. The molecule has 0 radical (unpaired) electrons. The van der Waals surface area contributed by atoms with Crippen LogP contribution < -0.4 is 0 Å². The first-order valence-electron chi connectivity index (χ1n) is 7.84. The molecule has 2 N–H and O–H groups in total. The lowest BCUT2D eigenvalue weighted by Gasteiger charge is -2.16. The molecule has 0 unspecified atom stereocenters. The minimum Gasteiger partial charge on any atom is -0.507 e. The van der Waals surface area contributed by atoms with E-state index < -0.39 is 23.6 Å². The molecule has 3 atom stereocenters. The maximum Gasteiger partial charge on any atom is 0.342 e. The van der Waals surface area contributed by atoms with Gasteiger partial charge in [-0.25, -0.2) is 4.79 Å². The lowest BCUT2D eigenvalue weighted by molar-refractivity contribution is -0.114. The number of cyclic esters (lactones) is 1. The van der Waals surface area contributed by atoms with Crippen LogP contribution in [0.2, 0.25) is 5.02 Å². The van der Waals surface area contributed by atoms with E-state index in [2.05, 4.69) is 0 Å². The summed E-state index contributed by atoms with van der Waals surface area (Å²) in [7, 11) is 0. The van der Waals surface area contributed by atoms with Gasteiger partial charge in [0.25, 0.3) is 0 Å². The summed E-state index contributed by atoms with van der Waals surface area (Å²) in [6.45, 7) is 1.72. The van der Waals surface area contributed by atoms with Gasteiger partial charge in [0, 0.05) is 24.5 Å². The zero-order chi connectivity index (χ0) is 18.1. The monoisotopic (exact) mass is 364 g/mol. The number of hydrogen-bond acceptors (Lipinski definition) is 6. The number of carbonyl (C=O) groups excluding carboxylic acids is 2. The van der Waals surface area contributed by atoms with E-state index in [-0.39, 0.29) is 40.6 Å². The Hall–Kier alpha value is -2.31. The Bertz CT molecular complexity index is 782. The van der Waals surface area contributed by atoms with Gasteiger partial charge in [0.1, 0.15) is 29.3 Å². The Kier molecular flexibility index (Phi) is 4.83. The van der Waals surface area contributed by atoms with Crippen LogP contribution in [0.3, 0.4) is 0 Å². The van der Waals surface area contributed by atoms with Crippen LogP contribution in [0.5, 0.6) is 11.5 Å². The number of esters is 1. The molecule has 2 aliphatic rings. The van der Waals surface area contributed by atoms with Gasteiger partial charge < -0.3 is 19.7 Å². The van der Waals surface area contributed by atoms with Gasteiger partial charge in [-0.3, -0.25) is 4.79 Å². The molecule has 1 fully saturated rings. The Morgan fingerprint density at radius 1 is 1.20 bits per heavy atom. The summed E-state index contributed by atoms with van der Waals surface area (Å²) >= 11 is 6.05. The first-order chi connectivity index (χ1) is 11.9. The number of rotatable bonds is 0. The second kappa shape index (κ2) is 6.90. The van der Waals surface area contributed by atoms with Crippen molar-refractivity contribution in [3.63, 3.8) is 0 Å². The molecule has 0 spiro atoms. The Morgan fingerprint density at radius 2 is 1.96 bits per heavy atom. The van der Waals surface area contributed by atoms with Crippen LogP contribution in [0.1, 0.15) is 29.3 Å². The van der Waals surface area contributed by atoms with Crippen molar-refractivity contribution in [1.29, 1.82) is 0 Å². The zero-order valence-electron chi connectivity index (χ0n) is 13.4. The van der Waals surface area contributed by atoms with Crippen LogP contribution in [0.15, 0.2) is 30.4 Å². The van der Waals surface area contributed by atoms with Crippen molar-refractivity contribution in [1.82, 2.24) is 0 Å². The van der Waals surface area contributed by atoms with E-state index >= 15 is 0 Å². The van der Waals surface area contributed by atoms with Crippen molar-refractivity contribution in [3.05, 3.63) is 46.5 Å². The molecule has 25 heavy (non-hydrogen) atoms. The van der Waals surface area contributed by atoms with Gasteiger partial charge >= 0.3 is 5.97 Å². The van der Waals surface area contributed by atoms with Gasteiger partial charge in [0.15, 0.2) is 5.78 Å². The first-order valence-corrected chi connectivity index (χ1v) is 8.22. The average Bonchev–Trinajstić information content (AvgIpc) is 3.25. The van der Waals surface area contributed by atoms with Gasteiger partial charge in [-0.1, -0.05) is 29.8 Å². The minimum atomic E-state index is -0.802. The van der Waals surface area contributed by atoms with Gasteiger partial charge in [-0.05, 0) is 13.0 Å². The fourth-order valence-corrected chi connectivity index (χ4v) is 3.00. The number of allylic oxidation sites excluding steroid dienone is 3. The summed E-state index contributed by atoms with van der Waals surface area (Å²) in [5.74, 6) is -2.04. The van der Waals surface area contributed by atoms with Crippen LogP contribution >= 0.6 is 11.6 Å². The van der Waals surface area contributed by atoms with Crippen LogP contribution in [0.4, 0.5) is 0 Å². The van der Waals surface area contributed by atoms with Gasteiger partial charge in [-0.2, -0.15) is 0 Å². The van der Waals surface area contributed by atoms with Crippen LogP contribution in [0, 0.1) is 0 Å². The van der Waals surface area contributed by atoms with Gasteiger partial charge in [0.2, 0.25) is 0 Å². The van der Waals surface area contributed by atoms with Crippen molar-refractivity contribution in [3.8, 4) is 11.5 Å². The molecule has 0 aromatic heterocycles. The zero-order valence-corrected chi connectivity index (χ0v) is 14.2. The molecule has 0 aliphatic carbocycles. The number of aromatic hydroxyl groups is 2. The molecule has 7 heteroatoms. The van der Waals surface area contributed by atoms with E-state index in [4.69, 9.17) is 21.1 Å². The fourth-order valence-electron chi connectivity index (χ4n) is 2.78. The molecule has 6 nitrogen and oxygen atoms in total. The number of phenolic OH excluding ortho intramolecular Hbond substituents is 2. The predicted octanol–water partition coefficient (Wildman–Crippen LogP) is 2.69. The third-order valence-corrected chi connectivity index (χ3v) is 4.49. The summed E-state index contributed by atoms with van der Waals surface area (Å²) in [5, 5.41) is 19.7. The summed E-state index contributed by atoms with van der Waals surface area (Å²) in [5.41, 5.74) is -0.176. The van der Waals surface area contributed by atoms with Crippen molar-refractivity contribution in [2.75, 3.05) is 0 Å². The number of benzene rings is 1. The molecule has 0 bridgehead atoms. The molecule has 1 aromatic carbocycles. The molecule has 0 amide bonds. The number of hydrogen-bond donors (Lipinski definition) is 2. The topological polar surface area (TPSA) is 96.4 Å². The molecule has 2 heterocycles. The van der Waals surface area contributed by atoms with Crippen molar-refractivity contribution in [2.24, 2.45) is 0 Å². The maximum absolute atomic E-state index is 12.5. The third kappa shape index (κ3) is 3.86. The highest BCUT2D eigenvalue weighted by Crippen LogP contribution is 2.37. The fraction of sp³-hybridized carbons (Fsp3) is 0.333. The van der Waals surface area contributed by atoms with E-state index in [9.17, 15) is 19.8 Å². The molecule has 2 aliphatic heterocycles. The van der Waals surface area contributed by atoms with E-state index in [1.807, 2.05) is 6.08 Å². The SMILES string of the molecule is C[C@H]1C[C@@H]2O[C@H]2C=CC=CC(=O)Cc2c(Cl)c(O)cc(O)c2C(=O)O1. The normalized spacial score (nSPS) is 26.4. The summed E-state index contributed by atoms with van der Waals surface area (Å²) in [6, 6.07) is 0.958. The molecule has 0 saturated carbocycles. The number of ketones is 1. The van der Waals surface area contributed by atoms with Crippen molar-refractivity contribution in [2.45, 2.75) is 38.1 Å². The minimum absolute atomic E-state index is 0.0348. The van der Waals surface area contributed by atoms with Gasteiger partial charge in [-0.15, -0.1) is 0 Å². The van der Waals surface area contributed by atoms with Gasteiger partial charge in [0.05, 0.1) is 11.1 Å². The first kappa shape index (κ1) is 17.5. The summed E-state index contributed by atoms with van der Waals surface area (Å²) < 4.78 is 10.8.